The van der Waals surface area contributed by atoms with Crippen molar-refractivity contribution in [3.05, 3.63) is 54.1 Å². The van der Waals surface area contributed by atoms with E-state index in [1.54, 1.807) is 57.2 Å². The summed E-state index contributed by atoms with van der Waals surface area (Å²) in [7, 11) is -8.71. The molecule has 2 aromatic rings. The Morgan fingerprint density at radius 3 is 1.85 bits per heavy atom. The van der Waals surface area contributed by atoms with Gasteiger partial charge in [-0.2, -0.15) is 13.2 Å². The van der Waals surface area contributed by atoms with Crippen LogP contribution in [0.25, 0.3) is 11.1 Å². The van der Waals surface area contributed by atoms with E-state index in [-0.39, 0.29) is 25.6 Å². The molecule has 1 unspecified atom stereocenters. The topological polar surface area (TPSA) is 102 Å². The molecule has 2 rings (SSSR count). The van der Waals surface area contributed by atoms with Crippen LogP contribution < -0.4 is 14.2 Å². The first-order chi connectivity index (χ1) is 15.2. The fourth-order valence-electron chi connectivity index (χ4n) is 2.68. The number of ether oxygens (including phenoxy) is 1. The monoisotopic (exact) mass is 508 g/mol. The Bertz CT molecular complexity index is 1120. The second kappa shape index (κ2) is 10.9. The Labute approximate surface area is 192 Å². The molecule has 0 amide bonds. The Morgan fingerprint density at radius 1 is 0.848 bits per heavy atom. The van der Waals surface area contributed by atoms with Gasteiger partial charge in [0.15, 0.2) is 0 Å². The summed E-state index contributed by atoms with van der Waals surface area (Å²) in [6.07, 6.45) is -0.265. The number of sulfonamides is 2. The lowest BCUT2D eigenvalue weighted by molar-refractivity contribution is -0.0447. The van der Waals surface area contributed by atoms with Gasteiger partial charge in [0.25, 0.3) is 0 Å². The third-order valence-corrected chi connectivity index (χ3v) is 7.69. The Morgan fingerprint density at radius 2 is 1.36 bits per heavy atom. The molecule has 0 saturated heterocycles. The smallest absolute Gasteiger partial charge is 0.489 e. The van der Waals surface area contributed by atoms with Crippen LogP contribution in [-0.2, 0) is 26.5 Å². The van der Waals surface area contributed by atoms with Crippen LogP contribution in [0.15, 0.2) is 48.5 Å². The highest BCUT2D eigenvalue weighted by Gasteiger charge is 2.45. The summed E-state index contributed by atoms with van der Waals surface area (Å²) in [5.41, 5.74) is -2.91. The molecular weight excluding hydrogens is 481 g/mol. The number of rotatable bonds is 11. The molecular formula is C21H27F3N2O5S2. The molecule has 0 aliphatic carbocycles. The molecule has 0 fully saturated rings. The van der Waals surface area contributed by atoms with E-state index in [0.29, 0.717) is 11.3 Å². The minimum absolute atomic E-state index is 0.112. The van der Waals surface area contributed by atoms with Gasteiger partial charge in [-0.25, -0.2) is 26.3 Å². The number of hydrogen-bond donors (Lipinski definition) is 2. The molecule has 0 aliphatic rings. The highest BCUT2D eigenvalue weighted by atomic mass is 32.2. The van der Waals surface area contributed by atoms with E-state index in [4.69, 9.17) is 4.74 Å². The normalized spacial score (nSPS) is 13.8. The van der Waals surface area contributed by atoms with E-state index >= 15 is 0 Å². The van der Waals surface area contributed by atoms with Gasteiger partial charge in [0.2, 0.25) is 10.0 Å². The Kier molecular flexibility index (Phi) is 8.91. The molecule has 0 aromatic heterocycles. The fraction of sp³-hybridized carbons (Fsp3) is 0.429. The third kappa shape index (κ3) is 7.98. The molecule has 2 aromatic carbocycles. The summed E-state index contributed by atoms with van der Waals surface area (Å²) < 4.78 is 92.4. The van der Waals surface area contributed by atoms with E-state index in [1.807, 2.05) is 12.1 Å². The quantitative estimate of drug-likeness (QED) is 0.484. The number of nitrogens with one attached hydrogen (secondary N) is 2. The highest BCUT2D eigenvalue weighted by molar-refractivity contribution is 7.90. The minimum atomic E-state index is -5.34. The zero-order chi connectivity index (χ0) is 24.9. The lowest BCUT2D eigenvalue weighted by Gasteiger charge is -2.17. The van der Waals surface area contributed by atoms with E-state index < -0.39 is 30.8 Å². The molecule has 0 radical (unpaired) electrons. The first-order valence-electron chi connectivity index (χ1n) is 10.1. The van der Waals surface area contributed by atoms with Gasteiger partial charge in [-0.3, -0.25) is 0 Å². The Balaban J connectivity index is 1.90. The molecule has 0 spiro atoms. The maximum absolute atomic E-state index is 12.3. The van der Waals surface area contributed by atoms with E-state index in [9.17, 15) is 30.0 Å². The molecule has 0 saturated carbocycles. The van der Waals surface area contributed by atoms with E-state index in [2.05, 4.69) is 4.72 Å². The van der Waals surface area contributed by atoms with Gasteiger partial charge in [0, 0.05) is 13.1 Å². The van der Waals surface area contributed by atoms with Crippen molar-refractivity contribution in [3.63, 3.8) is 0 Å². The maximum atomic E-state index is 12.3. The van der Waals surface area contributed by atoms with Crippen molar-refractivity contribution in [2.75, 3.05) is 13.1 Å². The fourth-order valence-corrected chi connectivity index (χ4v) is 4.01. The first kappa shape index (κ1) is 27.1. The van der Waals surface area contributed by atoms with Gasteiger partial charge in [0.1, 0.15) is 11.9 Å². The van der Waals surface area contributed by atoms with Gasteiger partial charge in [0.05, 0.1) is 5.25 Å². The third-order valence-electron chi connectivity index (χ3n) is 4.68. The zero-order valence-corrected chi connectivity index (χ0v) is 20.0. The van der Waals surface area contributed by atoms with E-state index in [1.165, 1.54) is 4.72 Å². The average molecular weight is 509 g/mol. The van der Waals surface area contributed by atoms with Crippen molar-refractivity contribution in [2.24, 2.45) is 0 Å². The first-order valence-corrected chi connectivity index (χ1v) is 13.1. The predicted molar refractivity (Wildman–Crippen MR) is 121 cm³/mol. The summed E-state index contributed by atoms with van der Waals surface area (Å²) >= 11 is 0. The standard InChI is InChI=1S/C21H27F3N2O5S2/c1-15(2)32(27,28)26-14-16(3)31-20-10-8-19(9-11-20)18-6-4-17(5-7-18)12-13-25-33(29,30)21(22,23)24/h4-11,15-16,25-26H,12-14H2,1-3H3. The molecule has 33 heavy (non-hydrogen) atoms. The van der Waals surface area contributed by atoms with E-state index in [0.717, 1.165) is 11.1 Å². The summed E-state index contributed by atoms with van der Waals surface area (Å²) in [6.45, 7) is 4.72. The van der Waals surface area contributed by atoms with Crippen molar-refractivity contribution < 1.29 is 34.7 Å². The van der Waals surface area contributed by atoms with Crippen LogP contribution in [0.1, 0.15) is 26.3 Å². The largest absolute Gasteiger partial charge is 0.511 e. The average Bonchev–Trinajstić information content (AvgIpc) is 2.72. The molecule has 12 heteroatoms. The van der Waals surface area contributed by atoms with Crippen LogP contribution in [0.2, 0.25) is 0 Å². The maximum Gasteiger partial charge on any atom is 0.511 e. The number of halogens is 3. The highest BCUT2D eigenvalue weighted by Crippen LogP contribution is 2.24. The second-order valence-electron chi connectivity index (χ2n) is 7.69. The van der Waals surface area contributed by atoms with Crippen LogP contribution in [-0.4, -0.2) is 46.8 Å². The Hall–Kier alpha value is -2.15. The van der Waals surface area contributed by atoms with Crippen LogP contribution in [0.4, 0.5) is 13.2 Å². The van der Waals surface area contributed by atoms with Gasteiger partial charge in [-0.1, -0.05) is 36.4 Å². The molecule has 0 heterocycles. The van der Waals surface area contributed by atoms with Crippen LogP contribution in [0, 0.1) is 0 Å². The SMILES string of the molecule is CC(CNS(=O)(=O)C(C)C)Oc1ccc(-c2ccc(CCNS(=O)(=O)C(F)(F)F)cc2)cc1. The predicted octanol–water partition coefficient (Wildman–Crippen LogP) is 3.43. The number of hydrogen-bond acceptors (Lipinski definition) is 5. The minimum Gasteiger partial charge on any atom is -0.489 e. The van der Waals surface area contributed by atoms with Crippen molar-refractivity contribution >= 4 is 20.0 Å². The molecule has 184 valence electrons. The van der Waals surface area contributed by atoms with Gasteiger partial charge in [-0.15, -0.1) is 0 Å². The lowest BCUT2D eigenvalue weighted by atomic mass is 10.0. The lowest BCUT2D eigenvalue weighted by Crippen LogP contribution is -2.37. The summed E-state index contributed by atoms with van der Waals surface area (Å²) in [5.74, 6) is 0.573. The van der Waals surface area contributed by atoms with Crippen molar-refractivity contribution in [3.8, 4) is 16.9 Å². The number of benzene rings is 2. The van der Waals surface area contributed by atoms with Gasteiger partial charge in [-0.05, 0) is 56.0 Å². The summed E-state index contributed by atoms with van der Waals surface area (Å²) in [4.78, 5) is 0. The molecule has 0 aliphatic heterocycles. The van der Waals surface area contributed by atoms with Crippen LogP contribution >= 0.6 is 0 Å². The zero-order valence-electron chi connectivity index (χ0n) is 18.4. The molecule has 1 atom stereocenters. The second-order valence-corrected chi connectivity index (χ2v) is 11.8. The van der Waals surface area contributed by atoms with Gasteiger partial charge >= 0.3 is 15.5 Å². The summed E-state index contributed by atoms with van der Waals surface area (Å²) in [5, 5.41) is -0.528. The van der Waals surface area contributed by atoms with Crippen molar-refractivity contribution in [1.82, 2.24) is 9.44 Å². The molecule has 7 nitrogen and oxygen atoms in total. The number of alkyl halides is 3. The van der Waals surface area contributed by atoms with Crippen molar-refractivity contribution in [1.29, 1.82) is 0 Å². The van der Waals surface area contributed by atoms with Crippen molar-refractivity contribution in [2.45, 2.75) is 44.1 Å². The van der Waals surface area contributed by atoms with Gasteiger partial charge < -0.3 is 4.74 Å². The van der Waals surface area contributed by atoms with Crippen LogP contribution in [0.3, 0.4) is 0 Å². The molecule has 0 bridgehead atoms. The molecule has 2 N–H and O–H groups in total. The van der Waals surface area contributed by atoms with Crippen LogP contribution in [0.5, 0.6) is 5.75 Å². The summed E-state index contributed by atoms with van der Waals surface area (Å²) in [6, 6.07) is 14.2.